The first-order valence-electron chi connectivity index (χ1n) is 10.9. The van der Waals surface area contributed by atoms with Gasteiger partial charge in [-0.2, -0.15) is 0 Å². The summed E-state index contributed by atoms with van der Waals surface area (Å²) in [4.78, 5) is 37.5. The minimum absolute atomic E-state index is 0.0486. The van der Waals surface area contributed by atoms with Gasteiger partial charge in [-0.1, -0.05) is 29.8 Å². The number of nitrogens with zero attached hydrogens (tertiary/aromatic N) is 1. The van der Waals surface area contributed by atoms with E-state index >= 15 is 0 Å². The molecule has 0 aromatic heterocycles. The van der Waals surface area contributed by atoms with Crippen LogP contribution in [0.3, 0.4) is 0 Å². The Hall–Kier alpha value is -3.50. The molecule has 9 nitrogen and oxygen atoms in total. The maximum absolute atomic E-state index is 13.4. The molecule has 3 N–H and O–H groups in total. The van der Waals surface area contributed by atoms with Crippen molar-refractivity contribution in [2.45, 2.75) is 18.9 Å². The lowest BCUT2D eigenvalue weighted by Gasteiger charge is -2.35. The zero-order valence-electron chi connectivity index (χ0n) is 19.1. The predicted molar refractivity (Wildman–Crippen MR) is 132 cm³/mol. The summed E-state index contributed by atoms with van der Waals surface area (Å²) < 4.78 is 24.4. The van der Waals surface area contributed by atoms with E-state index in [2.05, 4.69) is 17.2 Å². The Morgan fingerprint density at radius 2 is 1.97 bits per heavy atom. The minimum atomic E-state index is -0.966. The molecule has 0 aliphatic carbocycles. The number of ether oxygens (including phenoxy) is 2. The molecular weight excluding hydrogens is 516 g/mol. The number of rotatable bonds is 11. The van der Waals surface area contributed by atoms with Gasteiger partial charge in [0.2, 0.25) is 0 Å². The SMILES string of the molecule is C=C(CCNC(=O)COc1ccc(Cl)c(F)c1)NC(=O)C1CN(CCC(=O)O)c2cc(Cl)ccc2O1. The van der Waals surface area contributed by atoms with Crippen molar-refractivity contribution in [2.75, 3.05) is 31.1 Å². The molecule has 0 radical (unpaired) electrons. The van der Waals surface area contributed by atoms with Gasteiger partial charge in [0.25, 0.3) is 11.8 Å². The summed E-state index contributed by atoms with van der Waals surface area (Å²) in [5.74, 6) is -1.94. The number of carbonyl (C=O) groups is 3. The molecule has 0 saturated carbocycles. The Morgan fingerprint density at radius 3 is 2.69 bits per heavy atom. The Balaban J connectivity index is 1.45. The van der Waals surface area contributed by atoms with E-state index < -0.39 is 29.7 Å². The van der Waals surface area contributed by atoms with Crippen molar-refractivity contribution in [3.05, 3.63) is 64.5 Å². The standard InChI is InChI=1S/C24H24Cl2FN3O6/c1-14(6-8-28-22(31)13-35-16-3-4-17(26)18(27)11-16)29-24(34)21-12-30(9-7-23(32)33)19-10-15(25)2-5-20(19)36-21/h2-5,10-11,21H,1,6-9,12-13H2,(H,28,31)(H,29,34)(H,32,33). The maximum atomic E-state index is 13.4. The van der Waals surface area contributed by atoms with Crippen LogP contribution in [-0.4, -0.2) is 55.2 Å². The van der Waals surface area contributed by atoms with Crippen LogP contribution in [0, 0.1) is 5.82 Å². The van der Waals surface area contributed by atoms with Gasteiger partial charge >= 0.3 is 5.97 Å². The lowest BCUT2D eigenvalue weighted by atomic mass is 10.1. The fourth-order valence-corrected chi connectivity index (χ4v) is 3.63. The highest BCUT2D eigenvalue weighted by Gasteiger charge is 2.31. The molecule has 1 unspecified atom stereocenters. The third-order valence-electron chi connectivity index (χ3n) is 5.12. The van der Waals surface area contributed by atoms with E-state index in [0.717, 1.165) is 6.07 Å². The Morgan fingerprint density at radius 1 is 1.19 bits per heavy atom. The summed E-state index contributed by atoms with van der Waals surface area (Å²) >= 11 is 11.7. The van der Waals surface area contributed by atoms with Crippen LogP contribution < -0.4 is 25.0 Å². The molecule has 12 heteroatoms. The number of nitrogens with one attached hydrogen (secondary N) is 2. The summed E-state index contributed by atoms with van der Waals surface area (Å²) in [6, 6.07) is 8.74. The Kier molecular flexibility index (Phi) is 9.38. The number of amides is 2. The van der Waals surface area contributed by atoms with E-state index in [-0.39, 0.29) is 49.9 Å². The average Bonchev–Trinajstić information content (AvgIpc) is 2.83. The largest absolute Gasteiger partial charge is 0.484 e. The molecular formula is C24H24Cl2FN3O6. The van der Waals surface area contributed by atoms with Crippen molar-refractivity contribution < 1.29 is 33.4 Å². The third-order valence-corrected chi connectivity index (χ3v) is 5.66. The monoisotopic (exact) mass is 539 g/mol. The molecule has 192 valence electrons. The zero-order valence-corrected chi connectivity index (χ0v) is 20.6. The number of halogens is 3. The normalized spacial score (nSPS) is 14.3. The van der Waals surface area contributed by atoms with Gasteiger partial charge in [-0.15, -0.1) is 0 Å². The van der Waals surface area contributed by atoms with Gasteiger partial charge in [0.05, 0.1) is 23.7 Å². The molecule has 2 aromatic rings. The van der Waals surface area contributed by atoms with Crippen LogP contribution in [0.2, 0.25) is 10.0 Å². The number of benzene rings is 2. The molecule has 0 fully saturated rings. The van der Waals surface area contributed by atoms with Crippen LogP contribution in [0.5, 0.6) is 11.5 Å². The third kappa shape index (κ3) is 7.76. The molecule has 2 amide bonds. The highest BCUT2D eigenvalue weighted by atomic mass is 35.5. The second-order valence-corrected chi connectivity index (χ2v) is 8.71. The minimum Gasteiger partial charge on any atom is -0.484 e. The second kappa shape index (κ2) is 12.5. The Labute approximate surface area is 216 Å². The number of carboxylic acids is 1. The van der Waals surface area contributed by atoms with Crippen LogP contribution in [0.1, 0.15) is 12.8 Å². The predicted octanol–water partition coefficient (Wildman–Crippen LogP) is 3.39. The quantitative estimate of drug-likeness (QED) is 0.400. The average molecular weight is 540 g/mol. The van der Waals surface area contributed by atoms with E-state index in [4.69, 9.17) is 37.8 Å². The number of carbonyl (C=O) groups excluding carboxylic acids is 2. The highest BCUT2D eigenvalue weighted by molar-refractivity contribution is 6.31. The number of fused-ring (bicyclic) bond motifs is 1. The maximum Gasteiger partial charge on any atom is 0.305 e. The van der Waals surface area contributed by atoms with Gasteiger partial charge in [-0.05, 0) is 30.3 Å². The highest BCUT2D eigenvalue weighted by Crippen LogP contribution is 2.35. The summed E-state index contributed by atoms with van der Waals surface area (Å²) in [6.45, 7) is 3.94. The molecule has 3 rings (SSSR count). The van der Waals surface area contributed by atoms with Gasteiger partial charge in [0.1, 0.15) is 17.3 Å². The van der Waals surface area contributed by atoms with Gasteiger partial charge in [0.15, 0.2) is 12.7 Å². The fraction of sp³-hybridized carbons (Fsp3) is 0.292. The van der Waals surface area contributed by atoms with Crippen molar-refractivity contribution in [1.29, 1.82) is 0 Å². The van der Waals surface area contributed by atoms with E-state index in [1.807, 2.05) is 0 Å². The van der Waals surface area contributed by atoms with Crippen LogP contribution in [0.25, 0.3) is 0 Å². The van der Waals surface area contributed by atoms with Crippen LogP contribution in [-0.2, 0) is 14.4 Å². The lowest BCUT2D eigenvalue weighted by molar-refractivity contribution is -0.136. The first-order valence-corrected chi connectivity index (χ1v) is 11.6. The van der Waals surface area contributed by atoms with Gasteiger partial charge < -0.3 is 30.1 Å². The molecule has 0 bridgehead atoms. The summed E-state index contributed by atoms with van der Waals surface area (Å²) in [5, 5.41) is 14.7. The van der Waals surface area contributed by atoms with Crippen molar-refractivity contribution in [2.24, 2.45) is 0 Å². The zero-order chi connectivity index (χ0) is 26.2. The Bertz CT molecular complexity index is 1160. The molecule has 2 aromatic carbocycles. The van der Waals surface area contributed by atoms with E-state index in [9.17, 15) is 18.8 Å². The van der Waals surface area contributed by atoms with Crippen molar-refractivity contribution >= 4 is 46.7 Å². The molecule has 0 saturated heterocycles. The molecule has 1 aliphatic rings. The lowest BCUT2D eigenvalue weighted by Crippen LogP contribution is -2.49. The van der Waals surface area contributed by atoms with Crippen LogP contribution in [0.15, 0.2) is 48.7 Å². The second-order valence-electron chi connectivity index (χ2n) is 7.87. The van der Waals surface area contributed by atoms with Crippen LogP contribution >= 0.6 is 23.2 Å². The first-order chi connectivity index (χ1) is 17.1. The van der Waals surface area contributed by atoms with Gasteiger partial charge in [-0.25, -0.2) is 4.39 Å². The summed E-state index contributed by atoms with van der Waals surface area (Å²) in [6.07, 6.45) is -0.787. The first kappa shape index (κ1) is 27.1. The smallest absolute Gasteiger partial charge is 0.305 e. The van der Waals surface area contributed by atoms with E-state index in [0.29, 0.717) is 22.2 Å². The molecule has 0 spiro atoms. The topological polar surface area (TPSA) is 117 Å². The van der Waals surface area contributed by atoms with Crippen molar-refractivity contribution in [3.63, 3.8) is 0 Å². The molecule has 1 aliphatic heterocycles. The number of hydrogen-bond acceptors (Lipinski definition) is 6. The van der Waals surface area contributed by atoms with Gasteiger partial charge in [-0.3, -0.25) is 14.4 Å². The van der Waals surface area contributed by atoms with E-state index in [1.165, 1.54) is 12.1 Å². The number of anilines is 1. The molecule has 1 heterocycles. The van der Waals surface area contributed by atoms with Crippen molar-refractivity contribution in [3.8, 4) is 11.5 Å². The molecule has 1 atom stereocenters. The number of aliphatic carboxylic acids is 1. The summed E-state index contributed by atoms with van der Waals surface area (Å²) in [5.41, 5.74) is 0.960. The summed E-state index contributed by atoms with van der Waals surface area (Å²) in [7, 11) is 0. The van der Waals surface area contributed by atoms with E-state index in [1.54, 1.807) is 23.1 Å². The fourth-order valence-electron chi connectivity index (χ4n) is 3.34. The van der Waals surface area contributed by atoms with Crippen molar-refractivity contribution in [1.82, 2.24) is 10.6 Å². The van der Waals surface area contributed by atoms with Crippen LogP contribution in [0.4, 0.5) is 10.1 Å². The number of carboxylic acid groups (broad SMARTS) is 1. The molecule has 36 heavy (non-hydrogen) atoms. The van der Waals surface area contributed by atoms with Gasteiger partial charge in [0, 0.05) is 36.3 Å². The number of hydrogen-bond donors (Lipinski definition) is 3.